The molecule has 0 aliphatic heterocycles. The minimum atomic E-state index is -3.89. The molecule has 5 nitrogen and oxygen atoms in total. The van der Waals surface area contributed by atoms with Gasteiger partial charge in [0.05, 0.1) is 12.2 Å². The van der Waals surface area contributed by atoms with Gasteiger partial charge in [-0.25, -0.2) is 17.5 Å². The third-order valence-corrected chi connectivity index (χ3v) is 4.48. The number of aryl methyl sites for hydroxylation is 1. The molecule has 2 aromatic rings. The number of halogens is 2. The van der Waals surface area contributed by atoms with Gasteiger partial charge in [0, 0.05) is 17.7 Å². The molecule has 19 heavy (non-hydrogen) atoms. The summed E-state index contributed by atoms with van der Waals surface area (Å²) in [5, 5.41) is 3.92. The van der Waals surface area contributed by atoms with E-state index >= 15 is 0 Å². The van der Waals surface area contributed by atoms with E-state index < -0.39 is 15.8 Å². The van der Waals surface area contributed by atoms with Crippen molar-refractivity contribution >= 4 is 26.0 Å². The minimum absolute atomic E-state index is 0.0499. The Morgan fingerprint density at radius 3 is 2.74 bits per heavy atom. The fraction of sp³-hybridized carbons (Fsp3) is 0.182. The van der Waals surface area contributed by atoms with Gasteiger partial charge in [-0.2, -0.15) is 5.10 Å². The van der Waals surface area contributed by atoms with Crippen molar-refractivity contribution in [3.05, 3.63) is 46.4 Å². The zero-order valence-electron chi connectivity index (χ0n) is 9.97. The zero-order chi connectivity index (χ0) is 14.0. The summed E-state index contributed by atoms with van der Waals surface area (Å²) in [6, 6.07) is 5.48. The van der Waals surface area contributed by atoms with Gasteiger partial charge >= 0.3 is 0 Å². The Morgan fingerprint density at radius 1 is 1.42 bits per heavy atom. The summed E-state index contributed by atoms with van der Waals surface area (Å²) in [4.78, 5) is -0.377. The summed E-state index contributed by atoms with van der Waals surface area (Å²) in [6.07, 6.45) is 1.56. The van der Waals surface area contributed by atoms with Gasteiger partial charge in [0.15, 0.2) is 0 Å². The summed E-state index contributed by atoms with van der Waals surface area (Å²) >= 11 is 3.08. The van der Waals surface area contributed by atoms with E-state index in [1.807, 2.05) is 0 Å². The van der Waals surface area contributed by atoms with E-state index in [1.54, 1.807) is 24.0 Å². The van der Waals surface area contributed by atoms with E-state index in [0.29, 0.717) is 10.2 Å². The Hall–Kier alpha value is -1.25. The lowest BCUT2D eigenvalue weighted by atomic mass is 10.3. The van der Waals surface area contributed by atoms with E-state index in [9.17, 15) is 12.8 Å². The van der Waals surface area contributed by atoms with Gasteiger partial charge in [-0.15, -0.1) is 0 Å². The van der Waals surface area contributed by atoms with Crippen LogP contribution in [0.4, 0.5) is 4.39 Å². The molecule has 0 saturated heterocycles. The molecule has 1 aromatic heterocycles. The van der Waals surface area contributed by atoms with Gasteiger partial charge in [-0.3, -0.25) is 4.68 Å². The first kappa shape index (κ1) is 14.2. The lowest BCUT2D eigenvalue weighted by Gasteiger charge is -2.08. The molecule has 0 aliphatic carbocycles. The molecule has 1 N–H and O–H groups in total. The van der Waals surface area contributed by atoms with Crippen molar-refractivity contribution in [2.45, 2.75) is 11.4 Å². The molecule has 0 radical (unpaired) electrons. The van der Waals surface area contributed by atoms with Crippen molar-refractivity contribution in [2.75, 3.05) is 0 Å². The van der Waals surface area contributed by atoms with E-state index in [-0.39, 0.29) is 11.4 Å². The fourth-order valence-corrected chi connectivity index (χ4v) is 2.90. The summed E-state index contributed by atoms with van der Waals surface area (Å²) in [5.74, 6) is -0.799. The molecule has 0 aliphatic rings. The normalized spacial score (nSPS) is 11.7. The number of nitrogens with zero attached hydrogens (tertiary/aromatic N) is 2. The average Bonchev–Trinajstić information content (AvgIpc) is 2.72. The predicted molar refractivity (Wildman–Crippen MR) is 71.3 cm³/mol. The Morgan fingerprint density at radius 2 is 2.16 bits per heavy atom. The molecule has 0 bridgehead atoms. The lowest BCUT2D eigenvalue weighted by Crippen LogP contribution is -2.25. The van der Waals surface area contributed by atoms with Crippen molar-refractivity contribution < 1.29 is 12.8 Å². The first-order valence-corrected chi connectivity index (χ1v) is 7.59. The van der Waals surface area contributed by atoms with Crippen LogP contribution in [-0.2, 0) is 23.6 Å². The Labute approximate surface area is 118 Å². The van der Waals surface area contributed by atoms with E-state index in [1.165, 1.54) is 12.1 Å². The number of rotatable bonds is 4. The second-order valence-corrected chi connectivity index (χ2v) is 6.50. The van der Waals surface area contributed by atoms with Gasteiger partial charge in [0.25, 0.3) is 0 Å². The first-order chi connectivity index (χ1) is 8.90. The molecule has 0 saturated carbocycles. The van der Waals surface area contributed by atoms with Crippen molar-refractivity contribution in [3.8, 4) is 0 Å². The van der Waals surface area contributed by atoms with Crippen molar-refractivity contribution in [2.24, 2.45) is 7.05 Å². The van der Waals surface area contributed by atoms with Crippen LogP contribution in [0.5, 0.6) is 0 Å². The Kier molecular flexibility index (Phi) is 4.02. The SMILES string of the molecule is Cn1nccc1CNS(=O)(=O)c1ccc(Br)cc1F. The van der Waals surface area contributed by atoms with E-state index in [0.717, 1.165) is 6.07 Å². The van der Waals surface area contributed by atoms with Gasteiger partial charge in [0.1, 0.15) is 10.7 Å². The molecule has 0 fully saturated rings. The molecule has 0 unspecified atom stereocenters. The third-order valence-electron chi connectivity index (χ3n) is 2.55. The predicted octanol–water partition coefficient (Wildman–Crippen LogP) is 1.80. The van der Waals surface area contributed by atoms with Crippen LogP contribution in [0.15, 0.2) is 39.8 Å². The minimum Gasteiger partial charge on any atom is -0.271 e. The number of aromatic nitrogens is 2. The van der Waals surface area contributed by atoms with Crippen molar-refractivity contribution in [1.82, 2.24) is 14.5 Å². The maximum absolute atomic E-state index is 13.6. The summed E-state index contributed by atoms with van der Waals surface area (Å²) in [7, 11) is -2.19. The third kappa shape index (κ3) is 3.20. The molecule has 0 atom stereocenters. The van der Waals surface area contributed by atoms with Crippen LogP contribution in [0.3, 0.4) is 0 Å². The highest BCUT2D eigenvalue weighted by Gasteiger charge is 2.19. The lowest BCUT2D eigenvalue weighted by molar-refractivity contribution is 0.554. The summed E-state index contributed by atoms with van der Waals surface area (Å²) < 4.78 is 41.9. The van der Waals surface area contributed by atoms with Crippen LogP contribution in [-0.4, -0.2) is 18.2 Å². The molecular weight excluding hydrogens is 337 g/mol. The van der Waals surface area contributed by atoms with Crippen LogP contribution in [0.2, 0.25) is 0 Å². The van der Waals surface area contributed by atoms with Crippen LogP contribution in [0.25, 0.3) is 0 Å². The quantitative estimate of drug-likeness (QED) is 0.917. The number of sulfonamides is 1. The number of hydrogen-bond donors (Lipinski definition) is 1. The molecule has 102 valence electrons. The largest absolute Gasteiger partial charge is 0.271 e. The number of benzene rings is 1. The van der Waals surface area contributed by atoms with E-state index in [4.69, 9.17) is 0 Å². The van der Waals surface area contributed by atoms with Crippen LogP contribution >= 0.6 is 15.9 Å². The van der Waals surface area contributed by atoms with Crippen LogP contribution in [0, 0.1) is 5.82 Å². The maximum Gasteiger partial charge on any atom is 0.243 e. The second kappa shape index (κ2) is 5.40. The van der Waals surface area contributed by atoms with Gasteiger partial charge in [0.2, 0.25) is 10.0 Å². The fourth-order valence-electron chi connectivity index (χ4n) is 1.51. The molecule has 0 amide bonds. The smallest absolute Gasteiger partial charge is 0.243 e. The number of hydrogen-bond acceptors (Lipinski definition) is 3. The molecule has 2 rings (SSSR count). The number of nitrogens with one attached hydrogen (secondary N) is 1. The summed E-state index contributed by atoms with van der Waals surface area (Å²) in [6.45, 7) is 0.0499. The maximum atomic E-state index is 13.6. The van der Waals surface area contributed by atoms with Crippen LogP contribution < -0.4 is 4.72 Å². The van der Waals surface area contributed by atoms with E-state index in [2.05, 4.69) is 25.8 Å². The van der Waals surface area contributed by atoms with Gasteiger partial charge in [-0.1, -0.05) is 15.9 Å². The van der Waals surface area contributed by atoms with Gasteiger partial charge in [-0.05, 0) is 24.3 Å². The average molecular weight is 348 g/mol. The standard InChI is InChI=1S/C11H11BrFN3O2S/c1-16-9(4-5-14-16)7-15-19(17,18)11-3-2-8(12)6-10(11)13/h2-6,15H,7H2,1H3. The molecule has 1 aromatic carbocycles. The first-order valence-electron chi connectivity index (χ1n) is 5.32. The molecular formula is C11H11BrFN3O2S. The van der Waals surface area contributed by atoms with Crippen molar-refractivity contribution in [1.29, 1.82) is 0 Å². The monoisotopic (exact) mass is 347 g/mol. The highest BCUT2D eigenvalue weighted by atomic mass is 79.9. The highest BCUT2D eigenvalue weighted by Crippen LogP contribution is 2.19. The molecule has 1 heterocycles. The Bertz CT molecular complexity index is 700. The highest BCUT2D eigenvalue weighted by molar-refractivity contribution is 9.10. The van der Waals surface area contributed by atoms with Crippen LogP contribution in [0.1, 0.15) is 5.69 Å². The summed E-state index contributed by atoms with van der Waals surface area (Å²) in [5.41, 5.74) is 0.682. The Balaban J connectivity index is 2.21. The van der Waals surface area contributed by atoms with Gasteiger partial charge < -0.3 is 0 Å². The topological polar surface area (TPSA) is 64.0 Å². The second-order valence-electron chi connectivity index (χ2n) is 3.85. The zero-order valence-corrected chi connectivity index (χ0v) is 12.4. The van der Waals surface area contributed by atoms with Crippen molar-refractivity contribution in [3.63, 3.8) is 0 Å². The molecule has 8 heteroatoms. The molecule has 0 spiro atoms.